The van der Waals surface area contributed by atoms with Crippen molar-refractivity contribution >= 4 is 0 Å². The zero-order chi connectivity index (χ0) is 20.7. The second-order valence-electron chi connectivity index (χ2n) is 8.96. The third-order valence-corrected chi connectivity index (χ3v) is 6.71. The van der Waals surface area contributed by atoms with Crippen LogP contribution >= 0.6 is 0 Å². The first-order valence-corrected chi connectivity index (χ1v) is 10.9. The van der Waals surface area contributed by atoms with Gasteiger partial charge < -0.3 is 4.74 Å². The third kappa shape index (κ3) is 6.91. The SMILES string of the molecule is CCCC(C)CCCC1CCC(C2CC(F)C(OC=C(F)F)C(F)C2)C(F)C1. The van der Waals surface area contributed by atoms with Crippen LogP contribution in [-0.2, 0) is 4.74 Å². The van der Waals surface area contributed by atoms with Gasteiger partial charge in [-0.25, -0.2) is 13.2 Å². The molecule has 164 valence electrons. The van der Waals surface area contributed by atoms with Gasteiger partial charge in [-0.2, -0.15) is 8.78 Å². The summed E-state index contributed by atoms with van der Waals surface area (Å²) in [7, 11) is 0. The molecule has 0 radical (unpaired) electrons. The number of hydrogen-bond donors (Lipinski definition) is 0. The van der Waals surface area contributed by atoms with Gasteiger partial charge in [0.1, 0.15) is 24.8 Å². The Balaban J connectivity index is 1.79. The first-order valence-electron chi connectivity index (χ1n) is 10.9. The van der Waals surface area contributed by atoms with E-state index in [0.29, 0.717) is 24.7 Å². The predicted molar refractivity (Wildman–Crippen MR) is 101 cm³/mol. The van der Waals surface area contributed by atoms with Crippen LogP contribution in [0.1, 0.15) is 78.1 Å². The van der Waals surface area contributed by atoms with Crippen molar-refractivity contribution in [3.8, 4) is 0 Å². The zero-order valence-corrected chi connectivity index (χ0v) is 17.1. The van der Waals surface area contributed by atoms with E-state index in [2.05, 4.69) is 18.6 Å². The lowest BCUT2D eigenvalue weighted by atomic mass is 9.68. The highest BCUT2D eigenvalue weighted by molar-refractivity contribution is 4.95. The molecular formula is C22H35F5O. The first-order chi connectivity index (χ1) is 13.3. The molecule has 6 unspecified atom stereocenters. The maximum atomic E-state index is 14.8. The van der Waals surface area contributed by atoms with Crippen LogP contribution in [0.15, 0.2) is 12.3 Å². The number of ether oxygens (including phenoxy) is 1. The number of rotatable bonds is 9. The van der Waals surface area contributed by atoms with Gasteiger partial charge >= 0.3 is 6.08 Å². The van der Waals surface area contributed by atoms with Gasteiger partial charge in [0.2, 0.25) is 0 Å². The Morgan fingerprint density at radius 2 is 1.68 bits per heavy atom. The van der Waals surface area contributed by atoms with Crippen LogP contribution in [-0.4, -0.2) is 24.6 Å². The molecule has 0 saturated heterocycles. The molecule has 28 heavy (non-hydrogen) atoms. The summed E-state index contributed by atoms with van der Waals surface area (Å²) in [5.41, 5.74) is 0. The normalized spacial score (nSPS) is 37.3. The molecule has 0 aromatic rings. The quantitative estimate of drug-likeness (QED) is 0.281. The first kappa shape index (κ1) is 23.5. The third-order valence-electron chi connectivity index (χ3n) is 6.71. The van der Waals surface area contributed by atoms with Gasteiger partial charge in [-0.05, 0) is 55.8 Å². The minimum atomic E-state index is -2.12. The molecule has 2 aliphatic rings. The van der Waals surface area contributed by atoms with Crippen molar-refractivity contribution in [1.82, 2.24) is 0 Å². The average molecular weight is 411 g/mol. The monoisotopic (exact) mass is 410 g/mol. The minimum absolute atomic E-state index is 0.0167. The fraction of sp³-hybridized carbons (Fsp3) is 0.909. The summed E-state index contributed by atoms with van der Waals surface area (Å²) >= 11 is 0. The van der Waals surface area contributed by atoms with Crippen molar-refractivity contribution in [2.24, 2.45) is 23.7 Å². The molecule has 2 fully saturated rings. The van der Waals surface area contributed by atoms with E-state index in [9.17, 15) is 22.0 Å². The fourth-order valence-electron chi connectivity index (χ4n) is 5.23. The molecule has 0 N–H and O–H groups in total. The minimum Gasteiger partial charge on any atom is -0.486 e. The molecule has 2 aliphatic carbocycles. The average Bonchev–Trinajstić information content (AvgIpc) is 2.61. The summed E-state index contributed by atoms with van der Waals surface area (Å²) in [6, 6.07) is 0. The highest BCUT2D eigenvalue weighted by Crippen LogP contribution is 2.44. The highest BCUT2D eigenvalue weighted by Gasteiger charge is 2.45. The van der Waals surface area contributed by atoms with Gasteiger partial charge in [0.25, 0.3) is 0 Å². The van der Waals surface area contributed by atoms with Gasteiger partial charge in [-0.3, -0.25) is 0 Å². The van der Waals surface area contributed by atoms with Crippen LogP contribution in [0.5, 0.6) is 0 Å². The summed E-state index contributed by atoms with van der Waals surface area (Å²) in [4.78, 5) is 0. The topological polar surface area (TPSA) is 9.23 Å². The van der Waals surface area contributed by atoms with Crippen molar-refractivity contribution in [2.45, 2.75) is 103 Å². The molecule has 0 bridgehead atoms. The smallest absolute Gasteiger partial charge is 0.304 e. The largest absolute Gasteiger partial charge is 0.486 e. The molecule has 6 heteroatoms. The van der Waals surface area contributed by atoms with Gasteiger partial charge in [0.15, 0.2) is 6.10 Å². The van der Waals surface area contributed by atoms with Crippen molar-refractivity contribution in [1.29, 1.82) is 0 Å². The molecule has 0 heterocycles. The van der Waals surface area contributed by atoms with E-state index < -0.39 is 30.7 Å². The summed E-state index contributed by atoms with van der Waals surface area (Å²) in [6.07, 6.45) is -0.178. The molecule has 1 nitrogen and oxygen atoms in total. The number of alkyl halides is 3. The van der Waals surface area contributed by atoms with Crippen LogP contribution in [0.25, 0.3) is 0 Å². The van der Waals surface area contributed by atoms with E-state index in [1.54, 1.807) is 0 Å². The van der Waals surface area contributed by atoms with Gasteiger partial charge in [0.05, 0.1) is 0 Å². The van der Waals surface area contributed by atoms with E-state index in [0.717, 1.165) is 19.3 Å². The molecule has 6 atom stereocenters. The van der Waals surface area contributed by atoms with Gasteiger partial charge in [-0.1, -0.05) is 46.0 Å². The van der Waals surface area contributed by atoms with Crippen molar-refractivity contribution in [2.75, 3.05) is 0 Å². The predicted octanol–water partition coefficient (Wildman–Crippen LogP) is 7.56. The summed E-state index contributed by atoms with van der Waals surface area (Å²) in [5.74, 6) is 0.356. The second kappa shape index (κ2) is 11.4. The van der Waals surface area contributed by atoms with Crippen LogP contribution in [0, 0.1) is 23.7 Å². The van der Waals surface area contributed by atoms with Gasteiger partial charge in [0, 0.05) is 0 Å². The van der Waals surface area contributed by atoms with E-state index in [4.69, 9.17) is 0 Å². The van der Waals surface area contributed by atoms with Gasteiger partial charge in [-0.15, -0.1) is 0 Å². The Morgan fingerprint density at radius 3 is 2.25 bits per heavy atom. The van der Waals surface area contributed by atoms with E-state index in [1.807, 2.05) is 0 Å². The lowest BCUT2D eigenvalue weighted by Gasteiger charge is -2.41. The number of halogens is 5. The zero-order valence-electron chi connectivity index (χ0n) is 17.1. The molecule has 0 spiro atoms. The van der Waals surface area contributed by atoms with Crippen LogP contribution in [0.4, 0.5) is 22.0 Å². The van der Waals surface area contributed by atoms with Crippen LogP contribution < -0.4 is 0 Å². The fourth-order valence-corrected chi connectivity index (χ4v) is 5.23. The number of hydrogen-bond acceptors (Lipinski definition) is 1. The van der Waals surface area contributed by atoms with Crippen molar-refractivity contribution in [3.05, 3.63) is 12.3 Å². The Labute approximate surface area is 166 Å². The Bertz CT molecular complexity index is 470. The summed E-state index contributed by atoms with van der Waals surface area (Å²) in [5, 5.41) is 0. The van der Waals surface area contributed by atoms with Crippen molar-refractivity contribution < 1.29 is 26.7 Å². The lowest BCUT2D eigenvalue weighted by molar-refractivity contribution is -0.0674. The molecule has 0 aromatic carbocycles. The Morgan fingerprint density at radius 1 is 1.00 bits per heavy atom. The summed E-state index contributed by atoms with van der Waals surface area (Å²) < 4.78 is 72.2. The maximum Gasteiger partial charge on any atom is 0.304 e. The van der Waals surface area contributed by atoms with E-state index in [1.165, 1.54) is 19.3 Å². The maximum absolute atomic E-state index is 14.8. The van der Waals surface area contributed by atoms with Crippen LogP contribution in [0.2, 0.25) is 0 Å². The van der Waals surface area contributed by atoms with Crippen LogP contribution in [0.3, 0.4) is 0 Å². The summed E-state index contributed by atoms with van der Waals surface area (Å²) in [6.45, 7) is 4.45. The molecule has 2 rings (SSSR count). The molecular weight excluding hydrogens is 375 g/mol. The standard InChI is InChI=1S/C22H35F5O/c1-3-5-14(2)6-4-7-15-8-9-17(18(23)10-15)16-11-19(24)22(20(25)12-16)28-13-21(26)27/h13-20,22H,3-12H2,1-2H3. The molecule has 0 amide bonds. The molecule has 0 aromatic heterocycles. The van der Waals surface area contributed by atoms with E-state index >= 15 is 0 Å². The second-order valence-corrected chi connectivity index (χ2v) is 8.96. The molecule has 2 saturated carbocycles. The highest BCUT2D eigenvalue weighted by atomic mass is 19.3. The van der Waals surface area contributed by atoms with E-state index in [-0.39, 0.29) is 30.9 Å². The lowest BCUT2D eigenvalue weighted by Crippen LogP contribution is -2.45. The van der Waals surface area contributed by atoms with Crippen molar-refractivity contribution in [3.63, 3.8) is 0 Å². The Kier molecular flexibility index (Phi) is 9.55. The Hall–Kier alpha value is -0.810. The molecule has 0 aliphatic heterocycles.